The van der Waals surface area contributed by atoms with Crippen molar-refractivity contribution in [2.45, 2.75) is 37.9 Å². The van der Waals surface area contributed by atoms with Gasteiger partial charge in [-0.2, -0.15) is 13.2 Å². The van der Waals surface area contributed by atoms with Crippen LogP contribution in [0.4, 0.5) is 23.7 Å². The molecule has 0 aromatic heterocycles. The van der Waals surface area contributed by atoms with Crippen LogP contribution >= 0.6 is 0 Å². The Morgan fingerprint density at radius 1 is 1.06 bits per heavy atom. The maximum absolute atomic E-state index is 13.2. The molecule has 0 bridgehead atoms. The fourth-order valence-corrected chi connectivity index (χ4v) is 3.62. The van der Waals surface area contributed by atoms with E-state index in [4.69, 9.17) is 0 Å². The van der Waals surface area contributed by atoms with Crippen LogP contribution in [0.25, 0.3) is 0 Å². The number of nitrogens with zero attached hydrogens (tertiary/aromatic N) is 1. The van der Waals surface area contributed by atoms with E-state index in [9.17, 15) is 27.6 Å². The normalized spacial score (nSPS) is 18.8. The standard InChI is InChI=1S/C22H22F3N3O3/c1-2-3-13-21(15-9-5-4-6-10-15)19(30)28(20(31)27-21)14-18(29)26-17-12-8-7-11-16(17)22(23,24)25/h4-12H,2-3,13-14H2,1H3,(H,26,29)(H,27,31). The van der Waals surface area contributed by atoms with E-state index in [0.717, 1.165) is 23.5 Å². The first-order valence-electron chi connectivity index (χ1n) is 9.85. The Morgan fingerprint density at radius 2 is 1.71 bits per heavy atom. The molecule has 1 atom stereocenters. The van der Waals surface area contributed by atoms with Crippen molar-refractivity contribution in [1.29, 1.82) is 0 Å². The number of imide groups is 1. The number of carbonyl (C=O) groups excluding carboxylic acids is 3. The summed E-state index contributed by atoms with van der Waals surface area (Å²) in [6.07, 6.45) is -2.88. The van der Waals surface area contributed by atoms with Crippen molar-refractivity contribution in [2.24, 2.45) is 0 Å². The maximum atomic E-state index is 13.2. The van der Waals surface area contributed by atoms with Gasteiger partial charge in [-0.15, -0.1) is 0 Å². The summed E-state index contributed by atoms with van der Waals surface area (Å²) in [6, 6.07) is 12.5. The Balaban J connectivity index is 1.82. The van der Waals surface area contributed by atoms with Gasteiger partial charge in [0, 0.05) is 0 Å². The largest absolute Gasteiger partial charge is 0.418 e. The van der Waals surface area contributed by atoms with E-state index in [-0.39, 0.29) is 0 Å². The van der Waals surface area contributed by atoms with Crippen LogP contribution in [0.15, 0.2) is 54.6 Å². The van der Waals surface area contributed by atoms with E-state index in [1.807, 2.05) is 6.92 Å². The number of nitrogens with one attached hydrogen (secondary N) is 2. The van der Waals surface area contributed by atoms with Crippen molar-refractivity contribution in [3.05, 3.63) is 65.7 Å². The lowest BCUT2D eigenvalue weighted by atomic mass is 9.85. The summed E-state index contributed by atoms with van der Waals surface area (Å²) in [5, 5.41) is 4.86. The van der Waals surface area contributed by atoms with Crippen LogP contribution in [0.2, 0.25) is 0 Å². The van der Waals surface area contributed by atoms with Gasteiger partial charge in [0.2, 0.25) is 5.91 Å². The second-order valence-electron chi connectivity index (χ2n) is 7.29. The molecule has 1 heterocycles. The van der Waals surface area contributed by atoms with Gasteiger partial charge < -0.3 is 10.6 Å². The smallest absolute Gasteiger partial charge is 0.324 e. The molecule has 6 nitrogen and oxygen atoms in total. The molecule has 2 N–H and O–H groups in total. The van der Waals surface area contributed by atoms with Gasteiger partial charge in [-0.25, -0.2) is 4.79 Å². The van der Waals surface area contributed by atoms with Crippen molar-refractivity contribution in [3.8, 4) is 0 Å². The van der Waals surface area contributed by atoms with Crippen LogP contribution < -0.4 is 10.6 Å². The number of unbranched alkanes of at least 4 members (excludes halogenated alkanes) is 1. The van der Waals surface area contributed by atoms with Crippen LogP contribution in [0.3, 0.4) is 0 Å². The number of anilines is 1. The predicted octanol–water partition coefficient (Wildman–Crippen LogP) is 4.28. The highest BCUT2D eigenvalue weighted by Crippen LogP contribution is 2.36. The number of para-hydroxylation sites is 1. The van der Waals surface area contributed by atoms with E-state index in [2.05, 4.69) is 10.6 Å². The number of benzene rings is 2. The first-order valence-corrected chi connectivity index (χ1v) is 9.85. The molecule has 2 aromatic carbocycles. The highest BCUT2D eigenvalue weighted by Gasteiger charge is 2.52. The zero-order valence-corrected chi connectivity index (χ0v) is 16.8. The van der Waals surface area contributed by atoms with Gasteiger partial charge in [-0.3, -0.25) is 14.5 Å². The fourth-order valence-electron chi connectivity index (χ4n) is 3.62. The zero-order chi connectivity index (χ0) is 22.6. The Morgan fingerprint density at radius 3 is 2.35 bits per heavy atom. The SMILES string of the molecule is CCCCC1(c2ccccc2)NC(=O)N(CC(=O)Nc2ccccc2C(F)(F)F)C1=O. The number of urea groups is 1. The summed E-state index contributed by atoms with van der Waals surface area (Å²) < 4.78 is 39.5. The van der Waals surface area contributed by atoms with Crippen LogP contribution in [0, 0.1) is 0 Å². The highest BCUT2D eigenvalue weighted by molar-refractivity contribution is 6.10. The maximum Gasteiger partial charge on any atom is 0.418 e. The van der Waals surface area contributed by atoms with E-state index < -0.39 is 47.4 Å². The molecule has 1 aliphatic rings. The van der Waals surface area contributed by atoms with E-state index >= 15 is 0 Å². The van der Waals surface area contributed by atoms with E-state index in [0.29, 0.717) is 18.4 Å². The van der Waals surface area contributed by atoms with Gasteiger partial charge >= 0.3 is 12.2 Å². The van der Waals surface area contributed by atoms with Crippen molar-refractivity contribution in [3.63, 3.8) is 0 Å². The van der Waals surface area contributed by atoms with Gasteiger partial charge in [0.25, 0.3) is 5.91 Å². The fraction of sp³-hybridized carbons (Fsp3) is 0.318. The molecule has 9 heteroatoms. The third-order valence-corrected chi connectivity index (χ3v) is 5.16. The van der Waals surface area contributed by atoms with Gasteiger partial charge in [-0.05, 0) is 24.1 Å². The average Bonchev–Trinajstić information content (AvgIpc) is 2.97. The Kier molecular flexibility index (Phi) is 6.33. The molecule has 164 valence electrons. The topological polar surface area (TPSA) is 78.5 Å². The summed E-state index contributed by atoms with van der Waals surface area (Å²) in [5.74, 6) is -1.50. The first kappa shape index (κ1) is 22.3. The summed E-state index contributed by atoms with van der Waals surface area (Å²) in [7, 11) is 0. The molecule has 1 unspecified atom stereocenters. The van der Waals surface area contributed by atoms with Gasteiger partial charge in [0.1, 0.15) is 12.1 Å². The number of halogens is 3. The predicted molar refractivity (Wildman–Crippen MR) is 108 cm³/mol. The number of alkyl halides is 3. The molecule has 2 aromatic rings. The van der Waals surface area contributed by atoms with E-state index in [1.165, 1.54) is 12.1 Å². The quantitative estimate of drug-likeness (QED) is 0.640. The molecule has 0 aliphatic carbocycles. The van der Waals surface area contributed by atoms with Crippen molar-refractivity contribution >= 4 is 23.5 Å². The molecule has 1 saturated heterocycles. The monoisotopic (exact) mass is 433 g/mol. The van der Waals surface area contributed by atoms with Crippen LogP contribution in [0.5, 0.6) is 0 Å². The van der Waals surface area contributed by atoms with Crippen LogP contribution in [-0.4, -0.2) is 29.3 Å². The second-order valence-corrected chi connectivity index (χ2v) is 7.29. The molecular formula is C22H22F3N3O3. The summed E-state index contributed by atoms with van der Waals surface area (Å²) in [6.45, 7) is 1.25. The molecule has 31 heavy (non-hydrogen) atoms. The average molecular weight is 433 g/mol. The molecule has 3 rings (SSSR count). The van der Waals surface area contributed by atoms with Gasteiger partial charge in [-0.1, -0.05) is 62.2 Å². The molecule has 1 fully saturated rings. The number of amides is 4. The molecule has 0 spiro atoms. The minimum atomic E-state index is -4.66. The Hall–Kier alpha value is -3.36. The van der Waals surface area contributed by atoms with Crippen molar-refractivity contribution < 1.29 is 27.6 Å². The molecule has 0 saturated carbocycles. The van der Waals surface area contributed by atoms with Gasteiger partial charge in [0.05, 0.1) is 11.3 Å². The molecule has 4 amide bonds. The molecular weight excluding hydrogens is 411 g/mol. The first-order chi connectivity index (χ1) is 14.7. The summed E-state index contributed by atoms with van der Waals surface area (Å²) >= 11 is 0. The summed E-state index contributed by atoms with van der Waals surface area (Å²) in [4.78, 5) is 39.0. The number of rotatable bonds is 7. The minimum Gasteiger partial charge on any atom is -0.324 e. The van der Waals surface area contributed by atoms with Gasteiger partial charge in [0.15, 0.2) is 0 Å². The molecule has 1 aliphatic heterocycles. The third kappa shape index (κ3) is 4.55. The lowest BCUT2D eigenvalue weighted by molar-refractivity contribution is -0.137. The lowest BCUT2D eigenvalue weighted by Gasteiger charge is -2.27. The third-order valence-electron chi connectivity index (χ3n) is 5.16. The molecule has 0 radical (unpaired) electrons. The van der Waals surface area contributed by atoms with Crippen LogP contribution in [0.1, 0.15) is 37.3 Å². The Bertz CT molecular complexity index is 979. The number of hydrogen-bond donors (Lipinski definition) is 2. The number of hydrogen-bond acceptors (Lipinski definition) is 3. The van der Waals surface area contributed by atoms with E-state index in [1.54, 1.807) is 30.3 Å². The van der Waals surface area contributed by atoms with Crippen LogP contribution in [-0.2, 0) is 21.3 Å². The second kappa shape index (κ2) is 8.79. The lowest BCUT2D eigenvalue weighted by Crippen LogP contribution is -2.44. The van der Waals surface area contributed by atoms with Crippen molar-refractivity contribution in [2.75, 3.05) is 11.9 Å². The zero-order valence-electron chi connectivity index (χ0n) is 16.8. The summed E-state index contributed by atoms with van der Waals surface area (Å²) in [5.41, 5.74) is -2.17. The minimum absolute atomic E-state index is 0.340. The number of carbonyl (C=O) groups is 3. The van der Waals surface area contributed by atoms with Crippen molar-refractivity contribution in [1.82, 2.24) is 10.2 Å². The highest BCUT2D eigenvalue weighted by atomic mass is 19.4. The Labute approximate surface area is 177 Å².